The maximum atomic E-state index is 13.4. The number of carbonyl (C=O) groups excluding carboxylic acids is 1. The molecular weight excluding hydrogens is 390 g/mol. The minimum absolute atomic E-state index is 0.0422. The molecule has 1 atom stereocenters. The van der Waals surface area contributed by atoms with E-state index < -0.39 is 0 Å². The average molecular weight is 424 g/mol. The smallest absolute Gasteiger partial charge is 0.277 e. The van der Waals surface area contributed by atoms with Crippen molar-refractivity contribution < 1.29 is 4.79 Å². The second kappa shape index (κ2) is 7.76. The monoisotopic (exact) mass is 423 g/mol. The maximum absolute atomic E-state index is 13.4. The molecule has 0 radical (unpaired) electrons. The third kappa shape index (κ3) is 3.32. The molecule has 2 saturated carbocycles. The number of likely N-dealkylation sites (tertiary alicyclic amines) is 1. The molecule has 0 bridgehead atoms. The summed E-state index contributed by atoms with van der Waals surface area (Å²) in [5.74, 6) is 0.505. The molecule has 166 valence electrons. The Balaban J connectivity index is 1.30. The number of carbonyl (C=O) groups is 1. The zero-order valence-corrected chi connectivity index (χ0v) is 18.3. The summed E-state index contributed by atoms with van der Waals surface area (Å²) in [7, 11) is 0. The summed E-state index contributed by atoms with van der Waals surface area (Å²) < 4.78 is 1.63. The van der Waals surface area contributed by atoms with Crippen molar-refractivity contribution in [2.75, 3.05) is 13.1 Å². The Hall–Kier alpha value is -2.15. The Kier molecular flexibility index (Phi) is 4.89. The van der Waals surface area contributed by atoms with E-state index >= 15 is 0 Å². The molecule has 2 aliphatic carbocycles. The van der Waals surface area contributed by atoms with Crippen LogP contribution in [0, 0.1) is 5.92 Å². The normalized spacial score (nSPS) is 25.7. The topological polar surface area (TPSA) is 73.7 Å². The van der Waals surface area contributed by atoms with Crippen LogP contribution in [0.4, 0.5) is 0 Å². The molecule has 6 rings (SSSR count). The Morgan fingerprint density at radius 3 is 2.58 bits per heavy atom. The van der Waals surface area contributed by atoms with E-state index in [1.54, 1.807) is 4.52 Å². The number of aromatic nitrogens is 3. The van der Waals surface area contributed by atoms with Gasteiger partial charge in [0.25, 0.3) is 5.56 Å². The van der Waals surface area contributed by atoms with Crippen LogP contribution in [0.5, 0.6) is 0 Å². The van der Waals surface area contributed by atoms with E-state index in [0.29, 0.717) is 17.6 Å². The van der Waals surface area contributed by atoms with Crippen LogP contribution in [0.2, 0.25) is 0 Å². The van der Waals surface area contributed by atoms with Gasteiger partial charge in [-0.15, -0.1) is 0 Å². The Labute approximate surface area is 182 Å². The van der Waals surface area contributed by atoms with Gasteiger partial charge in [0.15, 0.2) is 5.65 Å². The van der Waals surface area contributed by atoms with Crippen molar-refractivity contribution in [2.24, 2.45) is 5.92 Å². The zero-order chi connectivity index (χ0) is 20.9. The summed E-state index contributed by atoms with van der Waals surface area (Å²) in [5.41, 5.74) is 3.53. The van der Waals surface area contributed by atoms with Gasteiger partial charge in [-0.25, -0.2) is 9.50 Å². The highest BCUT2D eigenvalue weighted by Crippen LogP contribution is 2.36. The fourth-order valence-electron chi connectivity index (χ4n) is 6.53. The van der Waals surface area contributed by atoms with Crippen molar-refractivity contribution in [3.8, 4) is 0 Å². The van der Waals surface area contributed by atoms with Gasteiger partial charge in [-0.3, -0.25) is 19.6 Å². The minimum Gasteiger partial charge on any atom is -0.334 e. The van der Waals surface area contributed by atoms with Crippen LogP contribution in [0.1, 0.15) is 87.2 Å². The van der Waals surface area contributed by atoms with Gasteiger partial charge < -0.3 is 4.90 Å². The average Bonchev–Trinajstić information content (AvgIpc) is 3.59. The molecule has 1 amide bonds. The summed E-state index contributed by atoms with van der Waals surface area (Å²) in [6.45, 7) is 2.55. The minimum atomic E-state index is 0.0422. The number of rotatable bonds is 3. The first-order chi connectivity index (χ1) is 15.2. The van der Waals surface area contributed by atoms with Gasteiger partial charge >= 0.3 is 0 Å². The molecule has 2 aliphatic heterocycles. The summed E-state index contributed by atoms with van der Waals surface area (Å²) in [6, 6.07) is 2.68. The third-order valence-corrected chi connectivity index (χ3v) is 8.25. The molecule has 1 unspecified atom stereocenters. The van der Waals surface area contributed by atoms with Crippen molar-refractivity contribution in [3.63, 3.8) is 0 Å². The van der Waals surface area contributed by atoms with Gasteiger partial charge in [0.1, 0.15) is 0 Å². The predicted octanol–water partition coefficient (Wildman–Crippen LogP) is 3.18. The summed E-state index contributed by atoms with van der Waals surface area (Å²) in [4.78, 5) is 35.9. The van der Waals surface area contributed by atoms with Crippen LogP contribution in [0.25, 0.3) is 5.65 Å². The Morgan fingerprint density at radius 1 is 1.00 bits per heavy atom. The van der Waals surface area contributed by atoms with Gasteiger partial charge in [0.05, 0.1) is 23.0 Å². The molecule has 1 N–H and O–H groups in total. The molecule has 1 saturated heterocycles. The SMILES string of the molecule is O=C(C1CCCC1)N1CCCC1c1cc2nc3c(c(=O)n2[nH]1)CN(C1CCCC1)CC3. The number of nitrogens with one attached hydrogen (secondary N) is 1. The first kappa shape index (κ1) is 19.5. The molecule has 7 heteroatoms. The number of nitrogens with zero attached hydrogens (tertiary/aromatic N) is 4. The molecule has 4 aliphatic rings. The fraction of sp³-hybridized carbons (Fsp3) is 0.708. The highest BCUT2D eigenvalue weighted by molar-refractivity contribution is 5.79. The summed E-state index contributed by atoms with van der Waals surface area (Å²) >= 11 is 0. The lowest BCUT2D eigenvalue weighted by molar-refractivity contribution is -0.136. The molecule has 3 fully saturated rings. The summed E-state index contributed by atoms with van der Waals surface area (Å²) in [5, 5.41) is 3.35. The van der Waals surface area contributed by atoms with Crippen LogP contribution in [-0.4, -0.2) is 49.4 Å². The Bertz CT molecular complexity index is 1040. The molecule has 7 nitrogen and oxygen atoms in total. The van der Waals surface area contributed by atoms with Crippen molar-refractivity contribution >= 4 is 11.6 Å². The maximum Gasteiger partial charge on any atom is 0.277 e. The van der Waals surface area contributed by atoms with Gasteiger partial charge in [0, 0.05) is 44.1 Å². The quantitative estimate of drug-likeness (QED) is 0.823. The van der Waals surface area contributed by atoms with E-state index in [1.807, 2.05) is 6.07 Å². The molecule has 0 aromatic carbocycles. The van der Waals surface area contributed by atoms with Crippen molar-refractivity contribution in [1.29, 1.82) is 0 Å². The van der Waals surface area contributed by atoms with Crippen LogP contribution >= 0.6 is 0 Å². The standard InChI is InChI=1S/C24H33N5O2/c30-23(16-6-1-2-7-16)28-12-5-10-21(28)20-14-22-25-19-11-13-27(17-8-3-4-9-17)15-18(19)24(31)29(22)26-20/h14,16-17,21,26H,1-13,15H2. The largest absolute Gasteiger partial charge is 0.334 e. The number of hydrogen-bond acceptors (Lipinski definition) is 4. The zero-order valence-electron chi connectivity index (χ0n) is 18.3. The number of aromatic amines is 1. The number of H-pyrrole nitrogens is 1. The van der Waals surface area contributed by atoms with Crippen LogP contribution in [0.3, 0.4) is 0 Å². The van der Waals surface area contributed by atoms with Gasteiger partial charge in [-0.05, 0) is 38.5 Å². The molecule has 31 heavy (non-hydrogen) atoms. The fourth-order valence-corrected chi connectivity index (χ4v) is 6.53. The predicted molar refractivity (Wildman–Crippen MR) is 118 cm³/mol. The number of hydrogen-bond donors (Lipinski definition) is 1. The molecule has 0 spiro atoms. The first-order valence-electron chi connectivity index (χ1n) is 12.4. The molecular formula is C24H33N5O2. The highest BCUT2D eigenvalue weighted by Gasteiger charge is 2.36. The van der Waals surface area contributed by atoms with Crippen LogP contribution in [-0.2, 0) is 17.8 Å². The second-order valence-corrected chi connectivity index (χ2v) is 10.1. The van der Waals surface area contributed by atoms with Gasteiger partial charge in [-0.1, -0.05) is 25.7 Å². The Morgan fingerprint density at radius 2 is 1.77 bits per heavy atom. The lowest BCUT2D eigenvalue weighted by Gasteiger charge is -2.32. The van der Waals surface area contributed by atoms with Crippen molar-refractivity contribution in [1.82, 2.24) is 24.4 Å². The van der Waals surface area contributed by atoms with E-state index in [4.69, 9.17) is 4.98 Å². The van der Waals surface area contributed by atoms with E-state index in [9.17, 15) is 9.59 Å². The van der Waals surface area contributed by atoms with E-state index in [0.717, 1.165) is 68.7 Å². The van der Waals surface area contributed by atoms with Gasteiger partial charge in [0.2, 0.25) is 5.91 Å². The molecule has 2 aromatic rings. The second-order valence-electron chi connectivity index (χ2n) is 10.1. The van der Waals surface area contributed by atoms with Crippen LogP contribution < -0.4 is 5.56 Å². The molecule has 2 aromatic heterocycles. The lowest BCUT2D eigenvalue weighted by atomic mass is 10.0. The number of fused-ring (bicyclic) bond motifs is 2. The first-order valence-corrected chi connectivity index (χ1v) is 12.4. The number of amides is 1. The van der Waals surface area contributed by atoms with E-state index in [1.165, 1.54) is 38.5 Å². The van der Waals surface area contributed by atoms with Crippen molar-refractivity contribution in [3.05, 3.63) is 33.4 Å². The molecule has 4 heterocycles. The van der Waals surface area contributed by atoms with E-state index in [-0.39, 0.29) is 17.5 Å². The van der Waals surface area contributed by atoms with Crippen molar-refractivity contribution in [2.45, 2.75) is 89.3 Å². The van der Waals surface area contributed by atoms with Gasteiger partial charge in [-0.2, -0.15) is 0 Å². The lowest BCUT2D eigenvalue weighted by Crippen LogP contribution is -2.41. The highest BCUT2D eigenvalue weighted by atomic mass is 16.2. The van der Waals surface area contributed by atoms with E-state index in [2.05, 4.69) is 14.9 Å². The third-order valence-electron chi connectivity index (χ3n) is 8.25. The summed E-state index contributed by atoms with van der Waals surface area (Å²) in [6.07, 6.45) is 12.4. The van der Waals surface area contributed by atoms with Crippen LogP contribution in [0.15, 0.2) is 10.9 Å².